The molecule has 0 unspecified atom stereocenters. The Bertz CT molecular complexity index is 549. The molecule has 0 saturated heterocycles. The molecule has 1 amide bonds. The van der Waals surface area contributed by atoms with E-state index < -0.39 is 6.10 Å². The number of aliphatic hydroxyl groups excluding tert-OH is 1. The second-order valence-corrected chi connectivity index (χ2v) is 4.76. The van der Waals surface area contributed by atoms with E-state index in [-0.39, 0.29) is 35.5 Å². The predicted octanol–water partition coefficient (Wildman–Crippen LogP) is -1.78. The molecular formula is C16H19BrN2O2. The molecule has 21 heavy (non-hydrogen) atoms. The van der Waals surface area contributed by atoms with E-state index in [4.69, 9.17) is 0 Å². The number of carbonyl (C=O) groups excluding carboxylic acids is 1. The average molecular weight is 351 g/mol. The topological polar surface area (TPSA) is 53.2 Å². The van der Waals surface area contributed by atoms with Crippen LogP contribution in [0.1, 0.15) is 18.6 Å². The van der Waals surface area contributed by atoms with Crippen molar-refractivity contribution in [1.29, 1.82) is 0 Å². The number of aliphatic hydroxyl groups is 1. The van der Waals surface area contributed by atoms with Crippen molar-refractivity contribution in [1.82, 2.24) is 5.32 Å². The third-order valence-electron chi connectivity index (χ3n) is 3.11. The molecule has 0 saturated carbocycles. The Morgan fingerprint density at radius 1 is 1.14 bits per heavy atom. The molecule has 2 rings (SSSR count). The number of nitrogens with zero attached hydrogens (tertiary/aromatic N) is 1. The number of rotatable bonds is 5. The van der Waals surface area contributed by atoms with Crippen LogP contribution in [0, 0.1) is 0 Å². The summed E-state index contributed by atoms with van der Waals surface area (Å²) in [5.74, 6) is -0.122. The molecule has 0 spiro atoms. The summed E-state index contributed by atoms with van der Waals surface area (Å²) >= 11 is 0. The van der Waals surface area contributed by atoms with Crippen molar-refractivity contribution in [3.05, 3.63) is 66.5 Å². The molecule has 0 aliphatic heterocycles. The first-order valence-electron chi connectivity index (χ1n) is 6.63. The summed E-state index contributed by atoms with van der Waals surface area (Å²) in [6, 6.07) is 14.6. The second kappa shape index (κ2) is 8.54. The monoisotopic (exact) mass is 350 g/mol. The smallest absolute Gasteiger partial charge is 0.286 e. The maximum absolute atomic E-state index is 11.9. The van der Waals surface area contributed by atoms with Gasteiger partial charge >= 0.3 is 0 Å². The SMILES string of the molecule is C[C@@H](NC(=O)C[n+]1ccccc1)[C@H](O)c1ccccc1.[Br-]. The minimum absolute atomic E-state index is 0. The predicted molar refractivity (Wildman–Crippen MR) is 75.6 cm³/mol. The number of carbonyl (C=O) groups is 1. The van der Waals surface area contributed by atoms with Crippen LogP contribution in [-0.2, 0) is 11.3 Å². The Labute approximate surface area is 135 Å². The van der Waals surface area contributed by atoms with Gasteiger partial charge in [-0.25, -0.2) is 0 Å². The van der Waals surface area contributed by atoms with Crippen molar-refractivity contribution < 1.29 is 31.4 Å². The molecule has 0 aliphatic carbocycles. The number of amides is 1. The zero-order valence-corrected chi connectivity index (χ0v) is 13.4. The van der Waals surface area contributed by atoms with Gasteiger partial charge in [-0.15, -0.1) is 0 Å². The van der Waals surface area contributed by atoms with E-state index in [1.54, 1.807) is 11.5 Å². The summed E-state index contributed by atoms with van der Waals surface area (Å²) in [5, 5.41) is 13.0. The zero-order valence-electron chi connectivity index (χ0n) is 11.8. The highest BCUT2D eigenvalue weighted by atomic mass is 79.9. The molecule has 2 N–H and O–H groups in total. The fraction of sp³-hybridized carbons (Fsp3) is 0.250. The molecule has 1 aromatic heterocycles. The van der Waals surface area contributed by atoms with Crippen molar-refractivity contribution in [2.75, 3.05) is 0 Å². The zero-order chi connectivity index (χ0) is 14.4. The first-order chi connectivity index (χ1) is 9.66. The molecular weight excluding hydrogens is 332 g/mol. The highest BCUT2D eigenvalue weighted by Crippen LogP contribution is 2.15. The van der Waals surface area contributed by atoms with Crippen molar-refractivity contribution >= 4 is 5.91 Å². The van der Waals surface area contributed by atoms with Gasteiger partial charge in [0.2, 0.25) is 6.54 Å². The van der Waals surface area contributed by atoms with Crippen LogP contribution in [0.3, 0.4) is 0 Å². The van der Waals surface area contributed by atoms with E-state index in [0.717, 1.165) is 5.56 Å². The van der Waals surface area contributed by atoms with Crippen LogP contribution in [0.25, 0.3) is 0 Å². The minimum atomic E-state index is -0.707. The van der Waals surface area contributed by atoms with E-state index in [1.165, 1.54) is 0 Å². The third kappa shape index (κ3) is 5.28. The largest absolute Gasteiger partial charge is 1.00 e. The standard InChI is InChI=1S/C16H18N2O2.BrH/c1-13(16(20)14-8-4-2-5-9-14)17-15(19)12-18-10-6-3-7-11-18;/h2-11,13,16,20H,12H2,1H3;1H/t13-,16+;/m1./s1. The fourth-order valence-electron chi connectivity index (χ4n) is 2.02. The molecule has 1 heterocycles. The normalized spacial score (nSPS) is 12.9. The third-order valence-corrected chi connectivity index (χ3v) is 3.11. The van der Waals surface area contributed by atoms with Crippen molar-refractivity contribution in [2.24, 2.45) is 0 Å². The second-order valence-electron chi connectivity index (χ2n) is 4.76. The highest BCUT2D eigenvalue weighted by molar-refractivity contribution is 5.74. The average Bonchev–Trinajstić information content (AvgIpc) is 2.48. The number of hydrogen-bond donors (Lipinski definition) is 2. The molecule has 0 aliphatic rings. The lowest BCUT2D eigenvalue weighted by Gasteiger charge is -2.19. The number of benzene rings is 1. The molecule has 2 aromatic rings. The maximum atomic E-state index is 11.9. The van der Waals surface area contributed by atoms with Crippen LogP contribution in [0.15, 0.2) is 60.9 Å². The fourth-order valence-corrected chi connectivity index (χ4v) is 2.02. The van der Waals surface area contributed by atoms with E-state index in [1.807, 2.05) is 60.9 Å². The van der Waals surface area contributed by atoms with Crippen LogP contribution in [0.2, 0.25) is 0 Å². The summed E-state index contributed by atoms with van der Waals surface area (Å²) < 4.78 is 1.79. The van der Waals surface area contributed by atoms with Crippen LogP contribution < -0.4 is 26.9 Å². The molecule has 0 fully saturated rings. The molecule has 1 aromatic carbocycles. The lowest BCUT2D eigenvalue weighted by molar-refractivity contribution is -0.684. The van der Waals surface area contributed by atoms with Gasteiger partial charge in [-0.2, -0.15) is 4.57 Å². The first-order valence-corrected chi connectivity index (χ1v) is 6.63. The van der Waals surface area contributed by atoms with Gasteiger partial charge in [0.15, 0.2) is 12.4 Å². The number of aromatic nitrogens is 1. The highest BCUT2D eigenvalue weighted by Gasteiger charge is 2.19. The Morgan fingerprint density at radius 2 is 1.71 bits per heavy atom. The van der Waals surface area contributed by atoms with E-state index in [9.17, 15) is 9.90 Å². The van der Waals surface area contributed by atoms with Crippen LogP contribution in [0.4, 0.5) is 0 Å². The van der Waals surface area contributed by atoms with E-state index >= 15 is 0 Å². The maximum Gasteiger partial charge on any atom is 0.286 e. The Kier molecular flexibility index (Phi) is 7.05. The number of hydrogen-bond acceptors (Lipinski definition) is 2. The molecule has 2 atom stereocenters. The van der Waals surface area contributed by atoms with Gasteiger partial charge in [-0.3, -0.25) is 4.79 Å². The van der Waals surface area contributed by atoms with Crippen LogP contribution in [0.5, 0.6) is 0 Å². The minimum Gasteiger partial charge on any atom is -1.00 e. The van der Waals surface area contributed by atoms with Crippen molar-refractivity contribution in [2.45, 2.75) is 25.6 Å². The number of nitrogens with one attached hydrogen (secondary N) is 1. The first kappa shape index (κ1) is 17.3. The molecule has 5 heteroatoms. The summed E-state index contributed by atoms with van der Waals surface area (Å²) in [7, 11) is 0. The quantitative estimate of drug-likeness (QED) is 0.626. The van der Waals surface area contributed by atoms with Crippen LogP contribution in [-0.4, -0.2) is 17.1 Å². The molecule has 0 bridgehead atoms. The number of pyridine rings is 1. The van der Waals surface area contributed by atoms with Gasteiger partial charge < -0.3 is 27.4 Å². The molecule has 0 radical (unpaired) electrons. The van der Waals surface area contributed by atoms with Crippen molar-refractivity contribution in [3.8, 4) is 0 Å². The molecule has 4 nitrogen and oxygen atoms in total. The Hall–Kier alpha value is -1.72. The van der Waals surface area contributed by atoms with E-state index in [2.05, 4.69) is 5.32 Å². The van der Waals surface area contributed by atoms with Gasteiger partial charge in [0.1, 0.15) is 0 Å². The summed E-state index contributed by atoms with van der Waals surface area (Å²) in [5.41, 5.74) is 0.799. The summed E-state index contributed by atoms with van der Waals surface area (Å²) in [4.78, 5) is 11.9. The Morgan fingerprint density at radius 3 is 2.33 bits per heavy atom. The van der Waals surface area contributed by atoms with Gasteiger partial charge in [-0.05, 0) is 12.5 Å². The summed E-state index contributed by atoms with van der Waals surface area (Å²) in [6.45, 7) is 2.04. The lowest BCUT2D eigenvalue weighted by Crippen LogP contribution is -3.00. The van der Waals surface area contributed by atoms with Crippen LogP contribution >= 0.6 is 0 Å². The van der Waals surface area contributed by atoms with Gasteiger partial charge in [-0.1, -0.05) is 36.4 Å². The van der Waals surface area contributed by atoms with E-state index in [0.29, 0.717) is 0 Å². The van der Waals surface area contributed by atoms with Gasteiger partial charge in [0, 0.05) is 12.1 Å². The van der Waals surface area contributed by atoms with Crippen molar-refractivity contribution in [3.63, 3.8) is 0 Å². The molecule has 112 valence electrons. The van der Waals surface area contributed by atoms with Gasteiger partial charge in [0.25, 0.3) is 5.91 Å². The number of halogens is 1. The lowest BCUT2D eigenvalue weighted by atomic mass is 10.0. The summed E-state index contributed by atoms with van der Waals surface area (Å²) in [6.07, 6.45) is 2.95. The van der Waals surface area contributed by atoms with Gasteiger partial charge in [0.05, 0.1) is 12.1 Å². The Balaban J connectivity index is 0.00000220.